The molecule has 0 unspecified atom stereocenters. The number of pyridine rings is 1. The number of aromatic nitrogens is 1. The fraction of sp³-hybridized carbons (Fsp3) is 0.538. The van der Waals surface area contributed by atoms with Crippen molar-refractivity contribution in [1.82, 2.24) is 10.3 Å². The Kier molecular flexibility index (Phi) is 5.89. The average Bonchev–Trinajstić information content (AvgIpc) is 2.29. The summed E-state index contributed by atoms with van der Waals surface area (Å²) in [5, 5.41) is 6.43. The lowest BCUT2D eigenvalue weighted by atomic mass is 10.2. The first-order chi connectivity index (χ1) is 8.87. The molecule has 5 nitrogen and oxygen atoms in total. The Morgan fingerprint density at radius 2 is 2.11 bits per heavy atom. The van der Waals surface area contributed by atoms with Crippen LogP contribution >= 0.6 is 11.6 Å². The number of hydrogen-bond donors (Lipinski definition) is 2. The van der Waals surface area contributed by atoms with E-state index in [0.717, 1.165) is 12.2 Å². The first-order valence-electron chi connectivity index (χ1n) is 6.19. The molecule has 0 saturated heterocycles. The van der Waals surface area contributed by atoms with Gasteiger partial charge in [-0.05, 0) is 39.3 Å². The molecule has 0 atom stereocenters. The van der Waals surface area contributed by atoms with Crippen LogP contribution in [0, 0.1) is 0 Å². The highest BCUT2D eigenvalue weighted by Crippen LogP contribution is 2.09. The van der Waals surface area contributed by atoms with Crippen molar-refractivity contribution >= 4 is 23.5 Å². The van der Waals surface area contributed by atoms with Crippen LogP contribution in [0.2, 0.25) is 5.02 Å². The second kappa shape index (κ2) is 7.19. The number of halogens is 1. The average molecular weight is 286 g/mol. The lowest BCUT2D eigenvalue weighted by Gasteiger charge is -2.19. The van der Waals surface area contributed by atoms with Gasteiger partial charge in [0.15, 0.2) is 0 Å². The molecule has 106 valence electrons. The molecular weight excluding hydrogens is 266 g/mol. The number of nitrogens with one attached hydrogen (secondary N) is 2. The number of ether oxygens (including phenoxy) is 1. The zero-order valence-electron chi connectivity index (χ0n) is 11.5. The SMILES string of the molecule is CC(C)(C)OC(=O)NCCCNc1ccc(Cl)cn1. The predicted molar refractivity (Wildman–Crippen MR) is 76.6 cm³/mol. The number of anilines is 1. The van der Waals surface area contributed by atoms with Gasteiger partial charge in [0.1, 0.15) is 11.4 Å². The van der Waals surface area contributed by atoms with Gasteiger partial charge in [-0.15, -0.1) is 0 Å². The highest BCUT2D eigenvalue weighted by Gasteiger charge is 2.15. The van der Waals surface area contributed by atoms with E-state index in [9.17, 15) is 4.79 Å². The summed E-state index contributed by atoms with van der Waals surface area (Å²) in [5.41, 5.74) is -0.463. The molecule has 0 fully saturated rings. The van der Waals surface area contributed by atoms with Crippen LogP contribution in [0.25, 0.3) is 0 Å². The summed E-state index contributed by atoms with van der Waals surface area (Å²) >= 11 is 5.73. The van der Waals surface area contributed by atoms with Crippen molar-refractivity contribution < 1.29 is 9.53 Å². The second-order valence-electron chi connectivity index (χ2n) is 5.07. The summed E-state index contributed by atoms with van der Waals surface area (Å²) in [4.78, 5) is 15.5. The molecule has 0 saturated carbocycles. The highest BCUT2D eigenvalue weighted by molar-refractivity contribution is 6.30. The summed E-state index contributed by atoms with van der Waals surface area (Å²) in [5.74, 6) is 0.765. The number of rotatable bonds is 5. The maximum atomic E-state index is 11.3. The standard InChI is InChI=1S/C13H20ClN3O2/c1-13(2,3)19-12(18)16-8-4-7-15-11-6-5-10(14)9-17-11/h5-6,9H,4,7-8H2,1-3H3,(H,15,17)(H,16,18). The summed E-state index contributed by atoms with van der Waals surface area (Å²) in [7, 11) is 0. The number of alkyl carbamates (subject to hydrolysis) is 1. The summed E-state index contributed by atoms with van der Waals surface area (Å²) < 4.78 is 5.12. The lowest BCUT2D eigenvalue weighted by Crippen LogP contribution is -2.33. The maximum absolute atomic E-state index is 11.3. The van der Waals surface area contributed by atoms with Gasteiger partial charge in [-0.25, -0.2) is 9.78 Å². The predicted octanol–water partition coefficient (Wildman–Crippen LogP) is 3.06. The minimum atomic E-state index is -0.463. The van der Waals surface area contributed by atoms with E-state index in [1.807, 2.05) is 26.8 Å². The largest absolute Gasteiger partial charge is 0.444 e. The Balaban J connectivity index is 2.11. The lowest BCUT2D eigenvalue weighted by molar-refractivity contribution is 0.0528. The van der Waals surface area contributed by atoms with Crippen molar-refractivity contribution in [3.8, 4) is 0 Å². The van der Waals surface area contributed by atoms with Crippen molar-refractivity contribution in [2.45, 2.75) is 32.8 Å². The number of carbonyl (C=O) groups excluding carboxylic acids is 1. The third-order valence-corrected chi connectivity index (χ3v) is 2.28. The summed E-state index contributed by atoms with van der Waals surface area (Å²) in [6.07, 6.45) is 1.98. The van der Waals surface area contributed by atoms with Gasteiger partial charge >= 0.3 is 6.09 Å². The third kappa shape index (κ3) is 7.51. The van der Waals surface area contributed by atoms with Crippen LogP contribution in [-0.2, 0) is 4.74 Å². The monoisotopic (exact) mass is 285 g/mol. The zero-order valence-corrected chi connectivity index (χ0v) is 12.3. The molecule has 1 rings (SSSR count). The number of carbonyl (C=O) groups is 1. The van der Waals surface area contributed by atoms with Gasteiger partial charge in [0, 0.05) is 19.3 Å². The Hall–Kier alpha value is -1.49. The molecule has 1 amide bonds. The Morgan fingerprint density at radius 3 is 2.68 bits per heavy atom. The summed E-state index contributed by atoms with van der Waals surface area (Å²) in [6.45, 7) is 6.76. The van der Waals surface area contributed by atoms with Gasteiger partial charge in [-0.2, -0.15) is 0 Å². The van der Waals surface area contributed by atoms with Crippen LogP contribution in [0.15, 0.2) is 18.3 Å². The fourth-order valence-corrected chi connectivity index (χ4v) is 1.40. The molecule has 0 spiro atoms. The van der Waals surface area contributed by atoms with E-state index in [1.54, 1.807) is 12.3 Å². The van der Waals surface area contributed by atoms with E-state index in [1.165, 1.54) is 0 Å². The van der Waals surface area contributed by atoms with E-state index in [0.29, 0.717) is 18.1 Å². The smallest absolute Gasteiger partial charge is 0.407 e. The molecule has 19 heavy (non-hydrogen) atoms. The van der Waals surface area contributed by atoms with E-state index >= 15 is 0 Å². The minimum Gasteiger partial charge on any atom is -0.444 e. The first-order valence-corrected chi connectivity index (χ1v) is 6.57. The van der Waals surface area contributed by atoms with Crippen molar-refractivity contribution in [2.75, 3.05) is 18.4 Å². The molecule has 2 N–H and O–H groups in total. The summed E-state index contributed by atoms with van der Waals surface area (Å²) in [6, 6.07) is 3.58. The fourth-order valence-electron chi connectivity index (χ4n) is 1.29. The van der Waals surface area contributed by atoms with Crippen molar-refractivity contribution in [3.05, 3.63) is 23.4 Å². The second-order valence-corrected chi connectivity index (χ2v) is 5.51. The van der Waals surface area contributed by atoms with Crippen LogP contribution in [-0.4, -0.2) is 29.8 Å². The quantitative estimate of drug-likeness (QED) is 0.816. The van der Waals surface area contributed by atoms with Crippen LogP contribution in [0.5, 0.6) is 0 Å². The molecule has 0 aromatic carbocycles. The van der Waals surface area contributed by atoms with Gasteiger partial charge < -0.3 is 15.4 Å². The normalized spacial score (nSPS) is 10.9. The van der Waals surface area contributed by atoms with Crippen LogP contribution in [0.1, 0.15) is 27.2 Å². The van der Waals surface area contributed by atoms with E-state index in [4.69, 9.17) is 16.3 Å². The van der Waals surface area contributed by atoms with Crippen molar-refractivity contribution in [3.63, 3.8) is 0 Å². The molecular formula is C13H20ClN3O2. The molecule has 0 bridgehead atoms. The maximum Gasteiger partial charge on any atom is 0.407 e. The Labute approximate surface area is 118 Å². The molecule has 0 aliphatic rings. The molecule has 1 heterocycles. The molecule has 0 aliphatic heterocycles. The molecule has 0 radical (unpaired) electrons. The van der Waals surface area contributed by atoms with Gasteiger partial charge in [0.2, 0.25) is 0 Å². The number of hydrogen-bond acceptors (Lipinski definition) is 4. The number of amides is 1. The van der Waals surface area contributed by atoms with Crippen molar-refractivity contribution in [2.24, 2.45) is 0 Å². The molecule has 1 aromatic rings. The van der Waals surface area contributed by atoms with Crippen LogP contribution in [0.3, 0.4) is 0 Å². The van der Waals surface area contributed by atoms with Gasteiger partial charge in [0.25, 0.3) is 0 Å². The van der Waals surface area contributed by atoms with E-state index in [-0.39, 0.29) is 0 Å². The Bertz CT molecular complexity index is 401. The zero-order chi connectivity index (χ0) is 14.3. The van der Waals surface area contributed by atoms with Crippen molar-refractivity contribution in [1.29, 1.82) is 0 Å². The third-order valence-electron chi connectivity index (χ3n) is 2.06. The van der Waals surface area contributed by atoms with Gasteiger partial charge in [-0.3, -0.25) is 0 Å². The first kappa shape index (κ1) is 15.6. The van der Waals surface area contributed by atoms with Crippen LogP contribution < -0.4 is 10.6 Å². The van der Waals surface area contributed by atoms with E-state index < -0.39 is 11.7 Å². The topological polar surface area (TPSA) is 63.2 Å². The highest BCUT2D eigenvalue weighted by atomic mass is 35.5. The minimum absolute atomic E-state index is 0.392. The number of nitrogens with zero attached hydrogens (tertiary/aromatic N) is 1. The van der Waals surface area contributed by atoms with Gasteiger partial charge in [0.05, 0.1) is 5.02 Å². The molecule has 6 heteroatoms. The molecule has 0 aliphatic carbocycles. The molecule has 1 aromatic heterocycles. The van der Waals surface area contributed by atoms with Gasteiger partial charge in [-0.1, -0.05) is 11.6 Å². The van der Waals surface area contributed by atoms with Crippen LogP contribution in [0.4, 0.5) is 10.6 Å². The van der Waals surface area contributed by atoms with E-state index in [2.05, 4.69) is 15.6 Å². The Morgan fingerprint density at radius 1 is 1.37 bits per heavy atom.